The summed E-state index contributed by atoms with van der Waals surface area (Å²) in [5.74, 6) is 3.67. The van der Waals surface area contributed by atoms with Gasteiger partial charge in [-0.3, -0.25) is 4.79 Å². The number of rotatable bonds is 3. The molecule has 2 rings (SSSR count). The maximum absolute atomic E-state index is 11.7. The van der Waals surface area contributed by atoms with Gasteiger partial charge in [-0.05, 0) is 19.3 Å². The lowest BCUT2D eigenvalue weighted by molar-refractivity contribution is -0.129. The summed E-state index contributed by atoms with van der Waals surface area (Å²) < 4.78 is 0. The molecule has 1 saturated carbocycles. The SMILES string of the molecule is NC1(C(=O)NCC2CSCCS2)CCC1. The normalized spacial score (nSPS) is 29.3. The Hall–Kier alpha value is 0.130. The van der Waals surface area contributed by atoms with Crippen molar-refractivity contribution in [2.75, 3.05) is 23.8 Å². The molecule has 1 saturated heterocycles. The average molecular weight is 246 g/mol. The summed E-state index contributed by atoms with van der Waals surface area (Å²) in [6.45, 7) is 0.787. The van der Waals surface area contributed by atoms with Crippen LogP contribution in [0.1, 0.15) is 19.3 Å². The van der Waals surface area contributed by atoms with Crippen LogP contribution < -0.4 is 11.1 Å². The zero-order valence-electron chi connectivity index (χ0n) is 8.83. The number of carbonyl (C=O) groups is 1. The Morgan fingerprint density at radius 1 is 1.47 bits per heavy atom. The topological polar surface area (TPSA) is 55.1 Å². The molecule has 0 spiro atoms. The zero-order chi connectivity index (χ0) is 10.7. The van der Waals surface area contributed by atoms with E-state index in [-0.39, 0.29) is 5.91 Å². The van der Waals surface area contributed by atoms with Crippen LogP contribution in [-0.4, -0.2) is 40.5 Å². The summed E-state index contributed by atoms with van der Waals surface area (Å²) in [7, 11) is 0. The zero-order valence-corrected chi connectivity index (χ0v) is 10.5. The van der Waals surface area contributed by atoms with E-state index in [2.05, 4.69) is 5.32 Å². The van der Waals surface area contributed by atoms with Crippen LogP contribution in [0.5, 0.6) is 0 Å². The molecule has 5 heteroatoms. The van der Waals surface area contributed by atoms with E-state index in [1.54, 1.807) is 0 Å². The minimum absolute atomic E-state index is 0.0601. The van der Waals surface area contributed by atoms with Crippen molar-refractivity contribution in [2.45, 2.75) is 30.1 Å². The second-order valence-corrected chi connectivity index (χ2v) is 6.85. The van der Waals surface area contributed by atoms with Crippen LogP contribution in [-0.2, 0) is 4.79 Å². The molecule has 2 fully saturated rings. The van der Waals surface area contributed by atoms with Gasteiger partial charge < -0.3 is 11.1 Å². The third-order valence-corrected chi connectivity index (χ3v) is 5.92. The predicted octanol–water partition coefficient (Wildman–Crippen LogP) is 0.833. The van der Waals surface area contributed by atoms with Crippen LogP contribution in [0.25, 0.3) is 0 Å². The van der Waals surface area contributed by atoms with Crippen molar-refractivity contribution < 1.29 is 4.79 Å². The summed E-state index contributed by atoms with van der Waals surface area (Å²) in [6, 6.07) is 0. The van der Waals surface area contributed by atoms with Crippen LogP contribution in [0.2, 0.25) is 0 Å². The van der Waals surface area contributed by atoms with Crippen molar-refractivity contribution >= 4 is 29.4 Å². The Morgan fingerprint density at radius 2 is 2.27 bits per heavy atom. The third-order valence-electron chi connectivity index (χ3n) is 3.07. The lowest BCUT2D eigenvalue weighted by Crippen LogP contribution is -2.59. The first kappa shape index (κ1) is 11.6. The Balaban J connectivity index is 1.70. The maximum atomic E-state index is 11.7. The third kappa shape index (κ3) is 2.82. The van der Waals surface area contributed by atoms with E-state index < -0.39 is 5.54 Å². The standard InChI is InChI=1S/C10H18N2OS2/c11-10(2-1-3-10)9(13)12-6-8-7-14-4-5-15-8/h8H,1-7,11H2,(H,12,13). The highest BCUT2D eigenvalue weighted by Crippen LogP contribution is 2.29. The Bertz CT molecular complexity index is 238. The van der Waals surface area contributed by atoms with Crippen molar-refractivity contribution in [3.8, 4) is 0 Å². The first-order valence-corrected chi connectivity index (χ1v) is 7.68. The number of nitrogens with one attached hydrogen (secondary N) is 1. The molecule has 1 amide bonds. The quantitative estimate of drug-likeness (QED) is 0.774. The fourth-order valence-electron chi connectivity index (χ4n) is 1.82. The minimum Gasteiger partial charge on any atom is -0.353 e. The van der Waals surface area contributed by atoms with Crippen molar-refractivity contribution in [1.82, 2.24) is 5.32 Å². The van der Waals surface area contributed by atoms with Gasteiger partial charge in [-0.1, -0.05) is 0 Å². The monoisotopic (exact) mass is 246 g/mol. The molecule has 3 N–H and O–H groups in total. The molecule has 0 radical (unpaired) electrons. The van der Waals surface area contributed by atoms with Gasteiger partial charge >= 0.3 is 0 Å². The molecule has 1 aliphatic heterocycles. The highest BCUT2D eigenvalue weighted by molar-refractivity contribution is 8.06. The first-order chi connectivity index (χ1) is 7.21. The molecule has 0 bridgehead atoms. The van der Waals surface area contributed by atoms with Gasteiger partial charge in [-0.15, -0.1) is 0 Å². The lowest BCUT2D eigenvalue weighted by Gasteiger charge is -2.36. The van der Waals surface area contributed by atoms with Gasteiger partial charge in [0.1, 0.15) is 0 Å². The number of hydrogen-bond acceptors (Lipinski definition) is 4. The van der Waals surface area contributed by atoms with Crippen LogP contribution in [0, 0.1) is 0 Å². The Morgan fingerprint density at radius 3 is 2.80 bits per heavy atom. The number of amides is 1. The summed E-state index contributed by atoms with van der Waals surface area (Å²) >= 11 is 3.94. The van der Waals surface area contributed by atoms with Gasteiger partial charge in [-0.25, -0.2) is 0 Å². The highest BCUT2D eigenvalue weighted by Gasteiger charge is 2.40. The van der Waals surface area contributed by atoms with E-state index in [0.717, 1.165) is 31.6 Å². The van der Waals surface area contributed by atoms with Crippen molar-refractivity contribution in [3.05, 3.63) is 0 Å². The van der Waals surface area contributed by atoms with Gasteiger partial charge in [0, 0.05) is 29.1 Å². The van der Waals surface area contributed by atoms with E-state index in [4.69, 9.17) is 5.73 Å². The van der Waals surface area contributed by atoms with E-state index in [1.807, 2.05) is 23.5 Å². The van der Waals surface area contributed by atoms with Crippen molar-refractivity contribution in [3.63, 3.8) is 0 Å². The fraction of sp³-hybridized carbons (Fsp3) is 0.900. The summed E-state index contributed by atoms with van der Waals surface area (Å²) in [4.78, 5) is 11.7. The van der Waals surface area contributed by atoms with E-state index in [0.29, 0.717) is 5.25 Å². The molecule has 0 aromatic carbocycles. The van der Waals surface area contributed by atoms with Crippen LogP contribution in [0.4, 0.5) is 0 Å². The van der Waals surface area contributed by atoms with Crippen LogP contribution in [0.15, 0.2) is 0 Å². The fourth-order valence-corrected chi connectivity index (χ4v) is 4.43. The molecule has 1 aliphatic carbocycles. The van der Waals surface area contributed by atoms with Gasteiger partial charge in [0.15, 0.2) is 0 Å². The molecule has 15 heavy (non-hydrogen) atoms. The van der Waals surface area contributed by atoms with Gasteiger partial charge in [0.2, 0.25) is 5.91 Å². The summed E-state index contributed by atoms with van der Waals surface area (Å²) in [6.07, 6.45) is 2.80. The molecule has 0 aromatic heterocycles. The molecule has 3 nitrogen and oxygen atoms in total. The lowest BCUT2D eigenvalue weighted by atomic mass is 9.77. The number of nitrogens with two attached hydrogens (primary N) is 1. The average Bonchev–Trinajstić information content (AvgIpc) is 2.24. The molecule has 2 aliphatic rings. The molecule has 0 aromatic rings. The first-order valence-electron chi connectivity index (χ1n) is 5.47. The second-order valence-electron chi connectivity index (χ2n) is 4.29. The van der Waals surface area contributed by atoms with Crippen molar-refractivity contribution in [2.24, 2.45) is 5.73 Å². The molecule has 86 valence electrons. The number of carbonyl (C=O) groups excluding carboxylic acids is 1. The predicted molar refractivity (Wildman–Crippen MR) is 67.4 cm³/mol. The minimum atomic E-state index is -0.535. The summed E-state index contributed by atoms with van der Waals surface area (Å²) in [5.41, 5.74) is 5.40. The highest BCUT2D eigenvalue weighted by atomic mass is 32.2. The number of thioether (sulfide) groups is 2. The van der Waals surface area contributed by atoms with E-state index in [9.17, 15) is 4.79 Å². The van der Waals surface area contributed by atoms with Gasteiger partial charge in [-0.2, -0.15) is 23.5 Å². The Labute approximate surface area is 99.3 Å². The number of hydrogen-bond donors (Lipinski definition) is 2. The van der Waals surface area contributed by atoms with Crippen molar-refractivity contribution in [1.29, 1.82) is 0 Å². The Kier molecular flexibility index (Phi) is 3.85. The van der Waals surface area contributed by atoms with E-state index >= 15 is 0 Å². The smallest absolute Gasteiger partial charge is 0.240 e. The van der Waals surface area contributed by atoms with Crippen LogP contribution in [0.3, 0.4) is 0 Å². The maximum Gasteiger partial charge on any atom is 0.240 e. The van der Waals surface area contributed by atoms with Gasteiger partial charge in [0.25, 0.3) is 0 Å². The van der Waals surface area contributed by atoms with E-state index in [1.165, 1.54) is 11.5 Å². The molecular formula is C10H18N2OS2. The molecule has 1 heterocycles. The molecular weight excluding hydrogens is 228 g/mol. The largest absolute Gasteiger partial charge is 0.353 e. The molecule has 1 atom stereocenters. The molecule has 1 unspecified atom stereocenters. The van der Waals surface area contributed by atoms with Gasteiger partial charge in [0.05, 0.1) is 5.54 Å². The van der Waals surface area contributed by atoms with Crippen LogP contribution >= 0.6 is 23.5 Å². The summed E-state index contributed by atoms with van der Waals surface area (Å²) in [5, 5.41) is 3.58. The second kappa shape index (κ2) is 4.97.